The molecule has 2 rings (SSSR count). The van der Waals surface area contributed by atoms with Crippen LogP contribution in [0.2, 0.25) is 5.02 Å². The van der Waals surface area contributed by atoms with Crippen molar-refractivity contribution < 1.29 is 0 Å². The zero-order chi connectivity index (χ0) is 14.0. The molecule has 7 heteroatoms. The second-order valence-corrected chi connectivity index (χ2v) is 4.94. The number of aromatic nitrogens is 4. The zero-order valence-electron chi connectivity index (χ0n) is 11.4. The van der Waals surface area contributed by atoms with E-state index in [9.17, 15) is 0 Å². The zero-order valence-corrected chi connectivity index (χ0v) is 12.1. The number of rotatable bonds is 5. The summed E-state index contributed by atoms with van der Waals surface area (Å²) in [6, 6.07) is 1.76. The molecule has 6 nitrogen and oxygen atoms in total. The molecule has 2 aromatic heterocycles. The monoisotopic (exact) mass is 282 g/mol. The molecule has 2 aromatic rings. The molecule has 0 bridgehead atoms. The maximum Gasteiger partial charge on any atom is 0.106 e. The van der Waals surface area contributed by atoms with E-state index in [2.05, 4.69) is 22.5 Å². The van der Waals surface area contributed by atoms with Gasteiger partial charge in [0.2, 0.25) is 0 Å². The number of nitrogens with zero attached hydrogens (tertiary/aromatic N) is 4. The molecule has 0 saturated carbocycles. The van der Waals surface area contributed by atoms with E-state index in [1.54, 1.807) is 10.9 Å². The van der Waals surface area contributed by atoms with Crippen molar-refractivity contribution in [1.82, 2.24) is 25.0 Å². The van der Waals surface area contributed by atoms with Crippen molar-refractivity contribution >= 4 is 11.6 Å². The normalized spacial score (nSPS) is 12.9. The van der Waals surface area contributed by atoms with Crippen molar-refractivity contribution in [2.75, 3.05) is 0 Å². The molecule has 2 heterocycles. The molecule has 0 amide bonds. The molecule has 0 aromatic carbocycles. The average Bonchev–Trinajstić information content (AvgIpc) is 2.87. The summed E-state index contributed by atoms with van der Waals surface area (Å²) in [5, 5.41) is 9.25. The second kappa shape index (κ2) is 5.73. The van der Waals surface area contributed by atoms with Gasteiger partial charge in [-0.05, 0) is 19.4 Å². The molecule has 0 radical (unpaired) electrons. The predicted molar refractivity (Wildman–Crippen MR) is 74.6 cm³/mol. The Kier molecular flexibility index (Phi) is 4.24. The third kappa shape index (κ3) is 2.65. The van der Waals surface area contributed by atoms with Crippen LogP contribution in [0.1, 0.15) is 36.5 Å². The number of halogens is 1. The summed E-state index contributed by atoms with van der Waals surface area (Å²) in [4.78, 5) is 0. The van der Waals surface area contributed by atoms with Crippen LogP contribution in [0.3, 0.4) is 0 Å². The van der Waals surface area contributed by atoms with E-state index in [-0.39, 0.29) is 6.04 Å². The lowest BCUT2D eigenvalue weighted by molar-refractivity contribution is 0.500. The number of nitrogens with two attached hydrogens (primary N) is 1. The van der Waals surface area contributed by atoms with Gasteiger partial charge in [-0.25, -0.2) is 5.43 Å². The van der Waals surface area contributed by atoms with E-state index in [1.165, 1.54) is 0 Å². The highest BCUT2D eigenvalue weighted by Crippen LogP contribution is 2.28. The fourth-order valence-electron chi connectivity index (χ4n) is 2.25. The van der Waals surface area contributed by atoms with Gasteiger partial charge in [0.15, 0.2) is 0 Å². The van der Waals surface area contributed by atoms with E-state index in [0.717, 1.165) is 30.0 Å². The van der Waals surface area contributed by atoms with Gasteiger partial charge in [0.05, 0.1) is 28.3 Å². The van der Waals surface area contributed by atoms with E-state index in [1.807, 2.05) is 24.7 Å². The van der Waals surface area contributed by atoms with E-state index in [0.29, 0.717) is 5.02 Å². The maximum absolute atomic E-state index is 6.25. The molecule has 0 spiro atoms. The highest BCUT2D eigenvalue weighted by atomic mass is 35.5. The summed E-state index contributed by atoms with van der Waals surface area (Å²) in [6.07, 6.45) is 2.63. The van der Waals surface area contributed by atoms with Crippen molar-refractivity contribution in [2.24, 2.45) is 12.9 Å². The predicted octanol–water partition coefficient (Wildman–Crippen LogP) is 1.54. The first-order valence-corrected chi connectivity index (χ1v) is 6.64. The number of aryl methyl sites for hydroxylation is 3. The first-order chi connectivity index (χ1) is 9.08. The van der Waals surface area contributed by atoms with Crippen molar-refractivity contribution in [2.45, 2.75) is 32.9 Å². The van der Waals surface area contributed by atoms with Gasteiger partial charge in [-0.3, -0.25) is 15.2 Å². The third-order valence-electron chi connectivity index (χ3n) is 3.04. The standard InChI is InChI=1S/C12H19ClN6/c1-4-5-19-12(9(13)7-15-19)11(16-14)10-6-8(2)17-18(10)3/h6-7,11,16H,4-5,14H2,1-3H3. The van der Waals surface area contributed by atoms with Gasteiger partial charge < -0.3 is 0 Å². The minimum absolute atomic E-state index is 0.229. The highest BCUT2D eigenvalue weighted by Gasteiger charge is 2.23. The molecule has 1 unspecified atom stereocenters. The smallest absolute Gasteiger partial charge is 0.106 e. The minimum Gasteiger partial charge on any atom is -0.270 e. The molecule has 19 heavy (non-hydrogen) atoms. The first-order valence-electron chi connectivity index (χ1n) is 6.26. The summed E-state index contributed by atoms with van der Waals surface area (Å²) < 4.78 is 3.69. The SMILES string of the molecule is CCCn1ncc(Cl)c1C(NN)c1cc(C)nn1C. The summed E-state index contributed by atoms with van der Waals surface area (Å²) in [7, 11) is 1.89. The van der Waals surface area contributed by atoms with Gasteiger partial charge in [-0.2, -0.15) is 10.2 Å². The third-order valence-corrected chi connectivity index (χ3v) is 3.33. The molecule has 0 aliphatic rings. The Labute approximate surface area is 117 Å². The van der Waals surface area contributed by atoms with Crippen LogP contribution in [-0.4, -0.2) is 19.6 Å². The fourth-order valence-corrected chi connectivity index (χ4v) is 2.50. The van der Waals surface area contributed by atoms with Crippen LogP contribution < -0.4 is 11.3 Å². The average molecular weight is 283 g/mol. The lowest BCUT2D eigenvalue weighted by Gasteiger charge is -2.18. The van der Waals surface area contributed by atoms with Crippen molar-refractivity contribution in [3.05, 3.63) is 34.4 Å². The quantitative estimate of drug-likeness (QED) is 0.644. The van der Waals surface area contributed by atoms with Gasteiger partial charge in [0, 0.05) is 13.6 Å². The molecule has 0 aliphatic heterocycles. The van der Waals surface area contributed by atoms with Crippen LogP contribution in [-0.2, 0) is 13.6 Å². The largest absolute Gasteiger partial charge is 0.270 e. The number of hydrazine groups is 1. The number of hydrogen-bond acceptors (Lipinski definition) is 4. The maximum atomic E-state index is 6.25. The van der Waals surface area contributed by atoms with Crippen LogP contribution in [0.25, 0.3) is 0 Å². The Morgan fingerprint density at radius 3 is 2.79 bits per heavy atom. The second-order valence-electron chi connectivity index (χ2n) is 4.53. The van der Waals surface area contributed by atoms with Crippen LogP contribution >= 0.6 is 11.6 Å². The summed E-state index contributed by atoms with van der Waals surface area (Å²) in [6.45, 7) is 4.84. The highest BCUT2D eigenvalue weighted by molar-refractivity contribution is 6.31. The molecule has 1 atom stereocenters. The Balaban J connectivity index is 2.47. The molecular formula is C12H19ClN6. The van der Waals surface area contributed by atoms with Gasteiger partial charge in [0.25, 0.3) is 0 Å². The van der Waals surface area contributed by atoms with Crippen molar-refractivity contribution in [1.29, 1.82) is 0 Å². The molecule has 0 aliphatic carbocycles. The summed E-state index contributed by atoms with van der Waals surface area (Å²) >= 11 is 6.25. The Morgan fingerprint density at radius 2 is 2.26 bits per heavy atom. The van der Waals surface area contributed by atoms with Gasteiger partial charge in [-0.15, -0.1) is 0 Å². The topological polar surface area (TPSA) is 73.7 Å². The van der Waals surface area contributed by atoms with E-state index in [4.69, 9.17) is 17.4 Å². The molecule has 104 valence electrons. The number of hydrogen-bond donors (Lipinski definition) is 2. The van der Waals surface area contributed by atoms with Crippen molar-refractivity contribution in [3.8, 4) is 0 Å². The van der Waals surface area contributed by atoms with Gasteiger partial charge >= 0.3 is 0 Å². The molecule has 3 N–H and O–H groups in total. The molecular weight excluding hydrogens is 264 g/mol. The fraction of sp³-hybridized carbons (Fsp3) is 0.500. The van der Waals surface area contributed by atoms with Crippen LogP contribution in [0.4, 0.5) is 0 Å². The summed E-state index contributed by atoms with van der Waals surface area (Å²) in [5.41, 5.74) is 5.58. The van der Waals surface area contributed by atoms with E-state index < -0.39 is 0 Å². The van der Waals surface area contributed by atoms with Crippen LogP contribution in [0.15, 0.2) is 12.3 Å². The molecule has 0 saturated heterocycles. The number of nitrogens with one attached hydrogen (secondary N) is 1. The van der Waals surface area contributed by atoms with Crippen LogP contribution in [0, 0.1) is 6.92 Å². The summed E-state index contributed by atoms with van der Waals surface area (Å²) in [5.74, 6) is 5.72. The first kappa shape index (κ1) is 14.0. The lowest BCUT2D eigenvalue weighted by atomic mass is 10.1. The Morgan fingerprint density at radius 1 is 1.53 bits per heavy atom. The van der Waals surface area contributed by atoms with E-state index >= 15 is 0 Å². The van der Waals surface area contributed by atoms with Gasteiger partial charge in [0.1, 0.15) is 6.04 Å². The Bertz CT molecular complexity index is 559. The molecule has 0 fully saturated rings. The Hall–Kier alpha value is -1.37. The minimum atomic E-state index is -0.229. The van der Waals surface area contributed by atoms with Gasteiger partial charge in [-0.1, -0.05) is 18.5 Å². The van der Waals surface area contributed by atoms with Crippen LogP contribution in [0.5, 0.6) is 0 Å². The van der Waals surface area contributed by atoms with Crippen molar-refractivity contribution in [3.63, 3.8) is 0 Å². The lowest BCUT2D eigenvalue weighted by Crippen LogP contribution is -2.32.